The van der Waals surface area contributed by atoms with Gasteiger partial charge in [0, 0.05) is 23.4 Å². The third kappa shape index (κ3) is 4.81. The highest BCUT2D eigenvalue weighted by atomic mass is 16.6. The number of hydrogen-bond donors (Lipinski definition) is 1. The van der Waals surface area contributed by atoms with Crippen LogP contribution in [-0.4, -0.2) is 4.92 Å². The van der Waals surface area contributed by atoms with E-state index in [9.17, 15) is 10.1 Å². The van der Waals surface area contributed by atoms with E-state index < -0.39 is 4.92 Å². The van der Waals surface area contributed by atoms with Crippen LogP contribution in [0.2, 0.25) is 0 Å². The molecule has 0 aliphatic heterocycles. The molecule has 0 heterocycles. The van der Waals surface area contributed by atoms with Gasteiger partial charge in [-0.15, -0.1) is 6.58 Å². The highest BCUT2D eigenvalue weighted by Gasteiger charge is 2.14. The van der Waals surface area contributed by atoms with E-state index in [1.54, 1.807) is 12.1 Å². The maximum Gasteiger partial charge on any atom is 0.270 e. The van der Waals surface area contributed by atoms with E-state index in [1.807, 2.05) is 51.1 Å². The first-order valence-electron chi connectivity index (χ1n) is 7.26. The van der Waals surface area contributed by atoms with E-state index in [4.69, 9.17) is 5.73 Å². The Balaban J connectivity index is 0.000000816. The Bertz CT molecular complexity index is 715. The third-order valence-corrected chi connectivity index (χ3v) is 3.08. The van der Waals surface area contributed by atoms with Crippen LogP contribution in [0.4, 0.5) is 11.4 Å². The van der Waals surface area contributed by atoms with E-state index in [2.05, 4.69) is 6.58 Å². The number of nitro groups is 1. The lowest BCUT2D eigenvalue weighted by Crippen LogP contribution is -1.99. The molecular weight excluding hydrogens is 288 g/mol. The lowest BCUT2D eigenvalue weighted by atomic mass is 9.93. The number of nitro benzene ring substituents is 1. The van der Waals surface area contributed by atoms with Crippen molar-refractivity contribution in [1.82, 2.24) is 0 Å². The summed E-state index contributed by atoms with van der Waals surface area (Å²) < 4.78 is 0. The molecule has 2 aromatic rings. The Morgan fingerprint density at radius 2 is 1.74 bits per heavy atom. The van der Waals surface area contributed by atoms with Gasteiger partial charge in [0.1, 0.15) is 0 Å². The van der Waals surface area contributed by atoms with Gasteiger partial charge < -0.3 is 5.73 Å². The van der Waals surface area contributed by atoms with Crippen molar-refractivity contribution in [2.24, 2.45) is 0 Å². The number of nitrogen functional groups attached to an aromatic ring is 1. The fourth-order valence-corrected chi connectivity index (χ4v) is 2.19. The van der Waals surface area contributed by atoms with Crippen molar-refractivity contribution in [3.63, 3.8) is 0 Å². The Labute approximate surface area is 137 Å². The highest BCUT2D eigenvalue weighted by Crippen LogP contribution is 2.33. The molecule has 0 radical (unpaired) electrons. The van der Waals surface area contributed by atoms with Crippen LogP contribution in [0.3, 0.4) is 0 Å². The highest BCUT2D eigenvalue weighted by molar-refractivity contribution is 5.87. The maximum atomic E-state index is 10.9. The summed E-state index contributed by atoms with van der Waals surface area (Å²) in [7, 11) is 0. The fraction of sp³-hybridized carbons (Fsp3) is 0.158. The van der Waals surface area contributed by atoms with Crippen LogP contribution in [0.15, 0.2) is 66.8 Å². The summed E-state index contributed by atoms with van der Waals surface area (Å²) in [5, 5.41) is 10.9. The van der Waals surface area contributed by atoms with Gasteiger partial charge in [-0.3, -0.25) is 10.1 Å². The summed E-state index contributed by atoms with van der Waals surface area (Å²) in [6.07, 6.45) is 1.75. The van der Waals surface area contributed by atoms with E-state index in [0.29, 0.717) is 11.3 Å². The first-order valence-corrected chi connectivity index (χ1v) is 7.26. The number of nitrogens with two attached hydrogens (primary N) is 1. The molecule has 2 rings (SSSR count). The van der Waals surface area contributed by atoms with E-state index in [0.717, 1.165) is 16.7 Å². The van der Waals surface area contributed by atoms with Gasteiger partial charge in [0.25, 0.3) is 5.69 Å². The molecule has 0 unspecified atom stereocenters. The topological polar surface area (TPSA) is 69.2 Å². The molecular formula is C19H22N2O2. The molecule has 2 aromatic carbocycles. The largest absolute Gasteiger partial charge is 0.398 e. The molecule has 2 N–H and O–H groups in total. The first-order chi connectivity index (χ1) is 10.9. The lowest BCUT2D eigenvalue weighted by Gasteiger charge is -2.13. The van der Waals surface area contributed by atoms with Crippen LogP contribution in [0.5, 0.6) is 0 Å². The standard InChI is InChI=1S/C16H16N2O2.C3H6/c1-11(2)16(12-6-4-3-5-7-12)14-10-13(18(19)20)8-9-15(14)17;1-3-2/h3-10H,17H2,1-2H3;3H,1H2,2H3. The van der Waals surface area contributed by atoms with E-state index >= 15 is 0 Å². The number of non-ortho nitro benzene ring substituents is 1. The Hall–Kier alpha value is -2.88. The summed E-state index contributed by atoms with van der Waals surface area (Å²) in [6.45, 7) is 9.20. The first kappa shape index (κ1) is 18.2. The summed E-state index contributed by atoms with van der Waals surface area (Å²) in [5.74, 6) is 0. The minimum absolute atomic E-state index is 0.0453. The summed E-state index contributed by atoms with van der Waals surface area (Å²) >= 11 is 0. The van der Waals surface area contributed by atoms with Crippen LogP contribution >= 0.6 is 0 Å². The van der Waals surface area contributed by atoms with Gasteiger partial charge in [0.2, 0.25) is 0 Å². The zero-order valence-corrected chi connectivity index (χ0v) is 13.7. The number of hydrogen-bond acceptors (Lipinski definition) is 3. The molecule has 0 atom stereocenters. The van der Waals surface area contributed by atoms with Crippen molar-refractivity contribution >= 4 is 16.9 Å². The van der Waals surface area contributed by atoms with Crippen molar-refractivity contribution < 1.29 is 4.92 Å². The van der Waals surface area contributed by atoms with Crippen LogP contribution in [0, 0.1) is 10.1 Å². The lowest BCUT2D eigenvalue weighted by molar-refractivity contribution is -0.384. The van der Waals surface area contributed by atoms with Gasteiger partial charge in [0.15, 0.2) is 0 Å². The van der Waals surface area contributed by atoms with Crippen molar-refractivity contribution in [3.8, 4) is 0 Å². The predicted molar refractivity (Wildman–Crippen MR) is 97.2 cm³/mol. The number of anilines is 1. The number of nitrogens with zero attached hydrogens (tertiary/aromatic N) is 1. The van der Waals surface area contributed by atoms with Gasteiger partial charge in [-0.25, -0.2) is 0 Å². The molecule has 0 aromatic heterocycles. The van der Waals surface area contributed by atoms with Crippen molar-refractivity contribution in [2.75, 3.05) is 5.73 Å². The molecule has 0 fully saturated rings. The molecule has 0 amide bonds. The molecule has 0 saturated heterocycles. The minimum atomic E-state index is -0.406. The van der Waals surface area contributed by atoms with Gasteiger partial charge in [-0.05, 0) is 38.0 Å². The van der Waals surface area contributed by atoms with E-state index in [-0.39, 0.29) is 5.69 Å². The van der Waals surface area contributed by atoms with Crippen molar-refractivity contribution in [2.45, 2.75) is 20.8 Å². The minimum Gasteiger partial charge on any atom is -0.398 e. The molecule has 4 heteroatoms. The zero-order valence-electron chi connectivity index (χ0n) is 13.7. The van der Waals surface area contributed by atoms with Gasteiger partial charge in [0.05, 0.1) is 4.92 Å². The fourth-order valence-electron chi connectivity index (χ4n) is 2.19. The predicted octanol–water partition coefficient (Wildman–Crippen LogP) is 5.21. The number of allylic oxidation sites excluding steroid dienone is 2. The molecule has 120 valence electrons. The number of rotatable bonds is 3. The van der Waals surface area contributed by atoms with Crippen molar-refractivity contribution in [3.05, 3.63) is 88.0 Å². The number of benzene rings is 2. The van der Waals surface area contributed by atoms with Gasteiger partial charge >= 0.3 is 0 Å². The van der Waals surface area contributed by atoms with Crippen molar-refractivity contribution in [1.29, 1.82) is 0 Å². The second-order valence-electron chi connectivity index (χ2n) is 5.18. The van der Waals surface area contributed by atoms with Crippen LogP contribution in [-0.2, 0) is 0 Å². The Morgan fingerprint density at radius 1 is 1.17 bits per heavy atom. The van der Waals surface area contributed by atoms with Crippen LogP contribution < -0.4 is 5.73 Å². The SMILES string of the molecule is C=CC.CC(C)=C(c1ccccc1)c1cc([N+](=O)[O-])ccc1N. The Morgan fingerprint density at radius 3 is 2.22 bits per heavy atom. The zero-order chi connectivity index (χ0) is 17.4. The third-order valence-electron chi connectivity index (χ3n) is 3.08. The molecule has 23 heavy (non-hydrogen) atoms. The van der Waals surface area contributed by atoms with E-state index in [1.165, 1.54) is 12.1 Å². The van der Waals surface area contributed by atoms with Gasteiger partial charge in [-0.2, -0.15) is 0 Å². The molecule has 0 bridgehead atoms. The molecule has 0 aliphatic carbocycles. The summed E-state index contributed by atoms with van der Waals surface area (Å²) in [4.78, 5) is 10.5. The Kier molecular flexibility index (Phi) is 6.74. The summed E-state index contributed by atoms with van der Waals surface area (Å²) in [5.41, 5.74) is 10.3. The molecule has 0 saturated carbocycles. The normalized spacial score (nSPS) is 9.35. The average Bonchev–Trinajstić information content (AvgIpc) is 2.50. The quantitative estimate of drug-likeness (QED) is 0.366. The molecule has 0 aliphatic rings. The molecule has 4 nitrogen and oxygen atoms in total. The average molecular weight is 310 g/mol. The molecule has 0 spiro atoms. The second kappa shape index (κ2) is 8.54. The van der Waals surface area contributed by atoms with Crippen LogP contribution in [0.1, 0.15) is 31.9 Å². The van der Waals surface area contributed by atoms with Crippen LogP contribution in [0.25, 0.3) is 5.57 Å². The summed E-state index contributed by atoms with van der Waals surface area (Å²) in [6, 6.07) is 14.3. The maximum absolute atomic E-state index is 10.9. The van der Waals surface area contributed by atoms with Gasteiger partial charge in [-0.1, -0.05) is 42.0 Å². The smallest absolute Gasteiger partial charge is 0.270 e. The monoisotopic (exact) mass is 310 g/mol. The second-order valence-corrected chi connectivity index (χ2v) is 5.18.